The number of furan rings is 1. The van der Waals surface area contributed by atoms with Crippen LogP contribution in [0.15, 0.2) is 271 Å². The van der Waals surface area contributed by atoms with Crippen molar-refractivity contribution in [3.63, 3.8) is 0 Å². The molecule has 69 heavy (non-hydrogen) atoms. The summed E-state index contributed by atoms with van der Waals surface area (Å²) in [6.45, 7) is 0. The summed E-state index contributed by atoms with van der Waals surface area (Å²) in [5.74, 6) is 0. The molecular weight excluding hydrogens is 837 g/mol. The lowest BCUT2D eigenvalue weighted by Gasteiger charge is -2.26. The van der Waals surface area contributed by atoms with E-state index in [1.54, 1.807) is 0 Å². The second kappa shape index (κ2) is 16.9. The van der Waals surface area contributed by atoms with E-state index < -0.39 is 0 Å². The first-order chi connectivity index (χ1) is 34.2. The minimum absolute atomic E-state index is 0.901. The minimum atomic E-state index is 0.901. The molecule has 0 unspecified atom stereocenters. The fourth-order valence-corrected chi connectivity index (χ4v) is 10.4. The van der Waals surface area contributed by atoms with Gasteiger partial charge in [-0.05, 0) is 105 Å². The van der Waals surface area contributed by atoms with Crippen LogP contribution >= 0.6 is 0 Å². The van der Waals surface area contributed by atoms with Gasteiger partial charge in [-0.25, -0.2) is 0 Å². The number of fused-ring (bicyclic) bond motifs is 6. The van der Waals surface area contributed by atoms with Gasteiger partial charge in [0, 0.05) is 49.7 Å². The van der Waals surface area contributed by atoms with Crippen LogP contribution < -0.4 is 4.90 Å². The Morgan fingerprint density at radius 1 is 0.275 bits per heavy atom. The second-order valence-electron chi connectivity index (χ2n) is 17.6. The molecule has 324 valence electrons. The highest BCUT2D eigenvalue weighted by Gasteiger charge is 2.19. The van der Waals surface area contributed by atoms with E-state index in [0.29, 0.717) is 0 Å². The molecule has 13 rings (SSSR count). The largest absolute Gasteiger partial charge is 0.455 e. The quantitative estimate of drug-likeness (QED) is 0.144. The molecule has 0 aliphatic rings. The van der Waals surface area contributed by atoms with Crippen molar-refractivity contribution in [2.24, 2.45) is 0 Å². The summed E-state index contributed by atoms with van der Waals surface area (Å²) in [6.07, 6.45) is 0. The molecule has 0 fully saturated rings. The predicted molar refractivity (Wildman–Crippen MR) is 290 cm³/mol. The van der Waals surface area contributed by atoms with Crippen molar-refractivity contribution in [2.45, 2.75) is 0 Å². The molecule has 0 saturated carbocycles. The summed E-state index contributed by atoms with van der Waals surface area (Å²) in [5.41, 5.74) is 20.2. The van der Waals surface area contributed by atoms with Gasteiger partial charge in [-0.15, -0.1) is 0 Å². The van der Waals surface area contributed by atoms with E-state index in [4.69, 9.17) is 4.42 Å². The highest BCUT2D eigenvalue weighted by Crippen LogP contribution is 2.43. The summed E-state index contributed by atoms with van der Waals surface area (Å²) in [7, 11) is 0. The Labute approximate surface area is 401 Å². The van der Waals surface area contributed by atoms with Crippen LogP contribution in [0, 0.1) is 0 Å². The molecule has 2 aromatic heterocycles. The van der Waals surface area contributed by atoms with Crippen LogP contribution in [-0.4, -0.2) is 4.57 Å². The van der Waals surface area contributed by atoms with E-state index in [1.807, 2.05) is 12.1 Å². The number of hydrogen-bond acceptors (Lipinski definition) is 2. The molecule has 3 heteroatoms. The third-order valence-electron chi connectivity index (χ3n) is 13.6. The molecule has 0 N–H and O–H groups in total. The Balaban J connectivity index is 0.850. The van der Waals surface area contributed by atoms with Gasteiger partial charge in [0.2, 0.25) is 0 Å². The van der Waals surface area contributed by atoms with Crippen molar-refractivity contribution in [1.29, 1.82) is 0 Å². The maximum atomic E-state index is 6.51. The third-order valence-corrected chi connectivity index (χ3v) is 13.6. The molecular formula is C66H44N2O. The van der Waals surface area contributed by atoms with Crippen LogP contribution in [0.2, 0.25) is 0 Å². The fourth-order valence-electron chi connectivity index (χ4n) is 10.4. The molecule has 0 radical (unpaired) electrons. The topological polar surface area (TPSA) is 21.3 Å². The molecule has 0 saturated heterocycles. The van der Waals surface area contributed by atoms with Crippen molar-refractivity contribution in [3.8, 4) is 61.3 Å². The lowest BCUT2D eigenvalue weighted by Crippen LogP contribution is -2.10. The van der Waals surface area contributed by atoms with Gasteiger partial charge in [0.1, 0.15) is 11.2 Å². The average Bonchev–Trinajstić information content (AvgIpc) is 3.98. The van der Waals surface area contributed by atoms with E-state index in [0.717, 1.165) is 66.8 Å². The number of aromatic nitrogens is 1. The Hall–Kier alpha value is -9.18. The zero-order valence-corrected chi connectivity index (χ0v) is 37.7. The smallest absolute Gasteiger partial charge is 0.143 e. The van der Waals surface area contributed by atoms with E-state index in [9.17, 15) is 0 Å². The van der Waals surface area contributed by atoms with Gasteiger partial charge < -0.3 is 13.9 Å². The predicted octanol–water partition coefficient (Wildman–Crippen LogP) is 18.5. The van der Waals surface area contributed by atoms with Crippen molar-refractivity contribution in [2.75, 3.05) is 4.90 Å². The van der Waals surface area contributed by atoms with Gasteiger partial charge in [0.25, 0.3) is 0 Å². The number of benzene rings is 11. The highest BCUT2D eigenvalue weighted by atomic mass is 16.3. The lowest BCUT2D eigenvalue weighted by atomic mass is 9.93. The highest BCUT2D eigenvalue weighted by molar-refractivity contribution is 6.11. The molecule has 0 amide bonds. The molecule has 2 heterocycles. The van der Waals surface area contributed by atoms with Crippen LogP contribution in [0.5, 0.6) is 0 Å². The van der Waals surface area contributed by atoms with Crippen LogP contribution in [0.1, 0.15) is 0 Å². The zero-order valence-electron chi connectivity index (χ0n) is 37.7. The van der Waals surface area contributed by atoms with Crippen molar-refractivity contribution >= 4 is 60.8 Å². The SMILES string of the molecule is c1ccc(-c2cccc(N(c3ccc(-c4ccc(-c5ccccc5-n5c6ccccc6c6ccccc65)cc4)cc3)c3ccc(-c4ccccc4-c4cccc5c4oc4ccccc45)cc3)c2)cc1. The number of para-hydroxylation sites is 5. The molecule has 0 aliphatic carbocycles. The molecule has 0 bridgehead atoms. The van der Waals surface area contributed by atoms with Gasteiger partial charge in [-0.3, -0.25) is 0 Å². The fraction of sp³-hybridized carbons (Fsp3) is 0. The van der Waals surface area contributed by atoms with E-state index in [2.05, 4.69) is 264 Å². The van der Waals surface area contributed by atoms with E-state index in [-0.39, 0.29) is 0 Å². The Morgan fingerprint density at radius 3 is 1.45 bits per heavy atom. The normalized spacial score (nSPS) is 11.5. The first kappa shape index (κ1) is 40.1. The maximum absolute atomic E-state index is 6.51. The third kappa shape index (κ3) is 7.08. The zero-order chi connectivity index (χ0) is 45.7. The van der Waals surface area contributed by atoms with Gasteiger partial charge in [-0.2, -0.15) is 0 Å². The number of rotatable bonds is 9. The van der Waals surface area contributed by atoms with Gasteiger partial charge in [0.15, 0.2) is 0 Å². The van der Waals surface area contributed by atoms with Crippen molar-refractivity contribution < 1.29 is 4.42 Å². The maximum Gasteiger partial charge on any atom is 0.143 e. The van der Waals surface area contributed by atoms with Crippen LogP contribution in [0.4, 0.5) is 17.1 Å². The van der Waals surface area contributed by atoms with Crippen molar-refractivity contribution in [3.05, 3.63) is 267 Å². The minimum Gasteiger partial charge on any atom is -0.455 e. The first-order valence-electron chi connectivity index (χ1n) is 23.6. The molecule has 0 aliphatic heterocycles. The molecule has 11 aromatic carbocycles. The molecule has 3 nitrogen and oxygen atoms in total. The number of nitrogens with zero attached hydrogens (tertiary/aromatic N) is 2. The van der Waals surface area contributed by atoms with E-state index in [1.165, 1.54) is 55.3 Å². The van der Waals surface area contributed by atoms with E-state index >= 15 is 0 Å². The monoisotopic (exact) mass is 880 g/mol. The first-order valence-corrected chi connectivity index (χ1v) is 23.6. The Bertz CT molecular complexity index is 3940. The summed E-state index contributed by atoms with van der Waals surface area (Å²) in [6, 6.07) is 95.9. The van der Waals surface area contributed by atoms with Crippen molar-refractivity contribution in [1.82, 2.24) is 4.57 Å². The number of anilines is 3. The summed E-state index contributed by atoms with van der Waals surface area (Å²) in [4.78, 5) is 2.36. The Morgan fingerprint density at radius 2 is 0.739 bits per heavy atom. The molecule has 13 aromatic rings. The lowest BCUT2D eigenvalue weighted by molar-refractivity contribution is 0.670. The van der Waals surface area contributed by atoms with Crippen LogP contribution in [-0.2, 0) is 0 Å². The number of hydrogen-bond donors (Lipinski definition) is 0. The summed E-state index contributed by atoms with van der Waals surface area (Å²) >= 11 is 0. The van der Waals surface area contributed by atoms with Gasteiger partial charge >= 0.3 is 0 Å². The second-order valence-corrected chi connectivity index (χ2v) is 17.6. The van der Waals surface area contributed by atoms with Gasteiger partial charge in [0.05, 0.1) is 16.7 Å². The Kier molecular flexibility index (Phi) is 9.84. The van der Waals surface area contributed by atoms with Crippen LogP contribution in [0.3, 0.4) is 0 Å². The molecule has 0 spiro atoms. The summed E-state index contributed by atoms with van der Waals surface area (Å²) < 4.78 is 8.92. The standard InChI is InChI=1S/C66H44N2O/c1-2-16-45(17-3-1)50-18-14-19-53(44-50)67(52-42-38-48(39-43-52)54-20-4-5-22-56(54)60-26-15-27-61-59-25-9-13-31-65(59)69-66(60)61)51-40-36-47(37-41-51)46-32-34-49(35-33-46)55-21-6-10-28-62(55)68-63-29-11-7-23-57(63)58-24-8-12-30-64(58)68/h1-44H. The van der Waals surface area contributed by atoms with Gasteiger partial charge in [-0.1, -0.05) is 206 Å². The van der Waals surface area contributed by atoms with Crippen LogP contribution in [0.25, 0.3) is 105 Å². The molecule has 0 atom stereocenters. The summed E-state index contributed by atoms with van der Waals surface area (Å²) in [5, 5.41) is 4.78. The average molecular weight is 881 g/mol.